The molecule has 1 atom stereocenters. The van der Waals surface area contributed by atoms with Gasteiger partial charge in [0.25, 0.3) is 5.91 Å². The van der Waals surface area contributed by atoms with Crippen LogP contribution < -0.4 is 9.64 Å². The molecule has 1 amide bonds. The summed E-state index contributed by atoms with van der Waals surface area (Å²) < 4.78 is 21.4. The minimum Gasteiger partial charge on any atom is -0.480 e. The lowest BCUT2D eigenvalue weighted by atomic mass is 10.3. The fourth-order valence-electron chi connectivity index (χ4n) is 3.03. The van der Waals surface area contributed by atoms with Crippen molar-refractivity contribution < 1.29 is 13.9 Å². The normalized spacial score (nSPS) is 14.6. The Labute approximate surface area is 152 Å². The van der Waals surface area contributed by atoms with Gasteiger partial charge >= 0.3 is 0 Å². The van der Waals surface area contributed by atoms with E-state index in [4.69, 9.17) is 4.74 Å². The van der Waals surface area contributed by atoms with E-state index in [9.17, 15) is 9.18 Å². The Morgan fingerprint density at radius 3 is 2.88 bits per heavy atom. The number of benzene rings is 2. The predicted molar refractivity (Wildman–Crippen MR) is 96.3 cm³/mol. The molecule has 1 aromatic heterocycles. The van der Waals surface area contributed by atoms with Crippen LogP contribution in [-0.2, 0) is 11.3 Å². The number of halogens is 2. The molecule has 2 heterocycles. The summed E-state index contributed by atoms with van der Waals surface area (Å²) in [5, 5.41) is 0. The molecule has 0 fully saturated rings. The van der Waals surface area contributed by atoms with Crippen molar-refractivity contribution in [2.24, 2.45) is 0 Å². The van der Waals surface area contributed by atoms with Gasteiger partial charge < -0.3 is 9.30 Å². The van der Waals surface area contributed by atoms with Crippen molar-refractivity contribution in [3.05, 3.63) is 52.8 Å². The van der Waals surface area contributed by atoms with E-state index in [2.05, 4.69) is 20.9 Å². The first-order chi connectivity index (χ1) is 12.0. The molecule has 0 radical (unpaired) electrons. The Balaban J connectivity index is 1.58. The maximum Gasteiger partial charge on any atom is 0.270 e. The van der Waals surface area contributed by atoms with E-state index in [1.54, 1.807) is 11.8 Å². The van der Waals surface area contributed by atoms with E-state index in [-0.39, 0.29) is 11.7 Å². The van der Waals surface area contributed by atoms with Crippen LogP contribution in [0, 0.1) is 5.82 Å². The SMILES string of the molecule is CC(Oc1ccc(F)cc1Br)C(=O)N1CCn2c1nc1ccccc12. The number of imidazole rings is 1. The minimum atomic E-state index is -0.715. The molecule has 3 aromatic rings. The van der Waals surface area contributed by atoms with Crippen molar-refractivity contribution in [1.29, 1.82) is 0 Å². The first kappa shape index (κ1) is 16.1. The number of hydrogen-bond donors (Lipinski definition) is 0. The number of rotatable bonds is 3. The quantitative estimate of drug-likeness (QED) is 0.668. The second-order valence-corrected chi connectivity index (χ2v) is 6.73. The zero-order valence-electron chi connectivity index (χ0n) is 13.4. The second-order valence-electron chi connectivity index (χ2n) is 5.88. The number of carbonyl (C=O) groups excluding carboxylic acids is 1. The Morgan fingerprint density at radius 1 is 1.28 bits per heavy atom. The van der Waals surface area contributed by atoms with Gasteiger partial charge in [-0.25, -0.2) is 9.37 Å². The van der Waals surface area contributed by atoms with Gasteiger partial charge in [-0.3, -0.25) is 9.69 Å². The van der Waals surface area contributed by atoms with Gasteiger partial charge in [0, 0.05) is 13.1 Å². The maximum absolute atomic E-state index is 13.2. The van der Waals surface area contributed by atoms with E-state index in [1.807, 2.05) is 28.8 Å². The van der Waals surface area contributed by atoms with Crippen molar-refractivity contribution in [3.8, 4) is 5.75 Å². The van der Waals surface area contributed by atoms with E-state index in [0.29, 0.717) is 29.3 Å². The molecule has 0 bridgehead atoms. The molecule has 0 spiro atoms. The molecule has 1 aliphatic rings. The third-order valence-corrected chi connectivity index (χ3v) is 4.85. The third-order valence-electron chi connectivity index (χ3n) is 4.23. The van der Waals surface area contributed by atoms with Gasteiger partial charge in [-0.1, -0.05) is 12.1 Å². The Kier molecular flexibility index (Phi) is 3.95. The summed E-state index contributed by atoms with van der Waals surface area (Å²) in [6, 6.07) is 11.9. The molecule has 1 aliphatic heterocycles. The number of hydrogen-bond acceptors (Lipinski definition) is 3. The molecular weight excluding hydrogens is 389 g/mol. The van der Waals surface area contributed by atoms with Crippen LogP contribution in [0.15, 0.2) is 46.9 Å². The summed E-state index contributed by atoms with van der Waals surface area (Å²) in [5.74, 6) is 0.520. The summed E-state index contributed by atoms with van der Waals surface area (Å²) in [6.07, 6.45) is -0.715. The Hall–Kier alpha value is -2.41. The first-order valence-corrected chi connectivity index (χ1v) is 8.72. The fraction of sp³-hybridized carbons (Fsp3) is 0.222. The molecule has 2 aromatic carbocycles. The molecular formula is C18H15BrFN3O2. The summed E-state index contributed by atoms with van der Waals surface area (Å²) >= 11 is 3.25. The van der Waals surface area contributed by atoms with Gasteiger partial charge in [-0.05, 0) is 53.2 Å². The lowest BCUT2D eigenvalue weighted by Crippen LogP contribution is -2.40. The van der Waals surface area contributed by atoms with Gasteiger partial charge in [-0.2, -0.15) is 0 Å². The van der Waals surface area contributed by atoms with Crippen LogP contribution in [0.25, 0.3) is 11.0 Å². The molecule has 25 heavy (non-hydrogen) atoms. The van der Waals surface area contributed by atoms with Crippen LogP contribution in [0.4, 0.5) is 10.3 Å². The smallest absolute Gasteiger partial charge is 0.270 e. The van der Waals surface area contributed by atoms with Crippen molar-refractivity contribution in [2.75, 3.05) is 11.4 Å². The van der Waals surface area contributed by atoms with E-state index in [1.165, 1.54) is 18.2 Å². The van der Waals surface area contributed by atoms with Crippen LogP contribution in [0.3, 0.4) is 0 Å². The van der Waals surface area contributed by atoms with Crippen LogP contribution in [0.5, 0.6) is 5.75 Å². The van der Waals surface area contributed by atoms with Gasteiger partial charge in [0.05, 0.1) is 15.5 Å². The molecule has 0 N–H and O–H groups in total. The highest BCUT2D eigenvalue weighted by Gasteiger charge is 2.32. The molecule has 0 saturated carbocycles. The average molecular weight is 404 g/mol. The van der Waals surface area contributed by atoms with Gasteiger partial charge in [0.15, 0.2) is 6.10 Å². The lowest BCUT2D eigenvalue weighted by molar-refractivity contribution is -0.124. The summed E-state index contributed by atoms with van der Waals surface area (Å²) in [6.45, 7) is 2.95. The monoisotopic (exact) mass is 403 g/mol. The van der Waals surface area contributed by atoms with Crippen molar-refractivity contribution in [3.63, 3.8) is 0 Å². The molecule has 0 aliphatic carbocycles. The molecule has 5 nitrogen and oxygen atoms in total. The van der Waals surface area contributed by atoms with Crippen molar-refractivity contribution in [1.82, 2.24) is 9.55 Å². The van der Waals surface area contributed by atoms with Gasteiger partial charge in [-0.15, -0.1) is 0 Å². The van der Waals surface area contributed by atoms with Crippen molar-refractivity contribution >= 4 is 38.8 Å². The van der Waals surface area contributed by atoms with Crippen LogP contribution in [0.2, 0.25) is 0 Å². The number of aromatic nitrogens is 2. The van der Waals surface area contributed by atoms with Gasteiger partial charge in [0.2, 0.25) is 5.95 Å². The van der Waals surface area contributed by atoms with Crippen LogP contribution in [-0.4, -0.2) is 28.1 Å². The summed E-state index contributed by atoms with van der Waals surface area (Å²) in [4.78, 5) is 19.0. The van der Waals surface area contributed by atoms with Crippen LogP contribution in [0.1, 0.15) is 6.92 Å². The highest BCUT2D eigenvalue weighted by molar-refractivity contribution is 9.10. The highest BCUT2D eigenvalue weighted by atomic mass is 79.9. The Morgan fingerprint density at radius 2 is 2.08 bits per heavy atom. The molecule has 0 saturated heterocycles. The van der Waals surface area contributed by atoms with Crippen molar-refractivity contribution in [2.45, 2.75) is 19.6 Å². The minimum absolute atomic E-state index is 0.176. The zero-order chi connectivity index (χ0) is 17.6. The highest BCUT2D eigenvalue weighted by Crippen LogP contribution is 2.30. The van der Waals surface area contributed by atoms with E-state index in [0.717, 1.165) is 11.0 Å². The zero-order valence-corrected chi connectivity index (χ0v) is 15.0. The molecule has 1 unspecified atom stereocenters. The number of ether oxygens (including phenoxy) is 1. The predicted octanol–water partition coefficient (Wildman–Crippen LogP) is 3.75. The topological polar surface area (TPSA) is 47.4 Å². The standard InChI is InChI=1S/C18H15BrFN3O2/c1-11(25-16-7-6-12(20)10-13(16)19)17(24)23-9-8-22-15-5-3-2-4-14(15)21-18(22)23/h2-7,10-11H,8-9H2,1H3. The number of para-hydroxylation sites is 2. The molecule has 4 rings (SSSR count). The summed E-state index contributed by atoms with van der Waals surface area (Å²) in [7, 11) is 0. The average Bonchev–Trinajstić information content (AvgIpc) is 3.15. The Bertz CT molecular complexity index is 972. The number of fused-ring (bicyclic) bond motifs is 3. The van der Waals surface area contributed by atoms with E-state index >= 15 is 0 Å². The maximum atomic E-state index is 13.2. The molecule has 128 valence electrons. The number of nitrogens with zero attached hydrogens (tertiary/aromatic N) is 3. The molecule has 7 heteroatoms. The number of amides is 1. The first-order valence-electron chi connectivity index (χ1n) is 7.93. The summed E-state index contributed by atoms with van der Waals surface area (Å²) in [5.41, 5.74) is 1.88. The number of anilines is 1. The third kappa shape index (κ3) is 2.78. The largest absolute Gasteiger partial charge is 0.480 e. The second kappa shape index (κ2) is 6.15. The lowest BCUT2D eigenvalue weighted by Gasteiger charge is -2.20. The van der Waals surface area contributed by atoms with Crippen LogP contribution >= 0.6 is 15.9 Å². The fourth-order valence-corrected chi connectivity index (χ4v) is 3.47. The number of carbonyl (C=O) groups is 1. The van der Waals surface area contributed by atoms with Gasteiger partial charge in [0.1, 0.15) is 11.6 Å². The van der Waals surface area contributed by atoms with E-state index < -0.39 is 6.10 Å².